The summed E-state index contributed by atoms with van der Waals surface area (Å²) < 4.78 is 0. The van der Waals surface area contributed by atoms with Gasteiger partial charge in [0.15, 0.2) is 0 Å². The summed E-state index contributed by atoms with van der Waals surface area (Å²) in [6.45, 7) is 11.1. The lowest BCUT2D eigenvalue weighted by molar-refractivity contribution is 0.523. The van der Waals surface area contributed by atoms with Gasteiger partial charge in [-0.25, -0.2) is 0 Å². The molecule has 0 nitrogen and oxygen atoms in total. The molecule has 2 atom stereocenters. The van der Waals surface area contributed by atoms with E-state index in [1.165, 1.54) is 52.7 Å². The van der Waals surface area contributed by atoms with Gasteiger partial charge in [0, 0.05) is 5.92 Å². The quantitative estimate of drug-likeness (QED) is 0.548. The van der Waals surface area contributed by atoms with E-state index in [-0.39, 0.29) is 0 Å². The molecule has 0 aliphatic heterocycles. The van der Waals surface area contributed by atoms with Crippen LogP contribution < -0.4 is 0 Å². The van der Waals surface area contributed by atoms with Crippen molar-refractivity contribution in [3.63, 3.8) is 0 Å². The molecular formula is C24H30. The van der Waals surface area contributed by atoms with E-state index in [2.05, 4.69) is 69.8 Å². The Hall–Kier alpha value is -1.82. The van der Waals surface area contributed by atoms with Gasteiger partial charge in [-0.3, -0.25) is 0 Å². The molecule has 1 fully saturated rings. The first kappa shape index (κ1) is 17.0. The second-order valence-electron chi connectivity index (χ2n) is 7.54. The first-order chi connectivity index (χ1) is 11.6. The number of aryl methyl sites for hydroxylation is 3. The van der Waals surface area contributed by atoms with Crippen molar-refractivity contribution >= 4 is 0 Å². The van der Waals surface area contributed by atoms with Crippen LogP contribution in [0.25, 0.3) is 0 Å². The standard InChI is InChI=1S/C24H30/c1-5-20-15-19(4)24(16-20)22-12-9-21(10-13-22)11-14-23-17(2)7-6-8-18(23)3/h6-10,12-13,20,24H,4-5,11,14-16H2,1-3H3/t20-,24?/m0/s1. The minimum absolute atomic E-state index is 0.586. The summed E-state index contributed by atoms with van der Waals surface area (Å²) in [5.41, 5.74) is 8.68. The molecule has 0 spiro atoms. The third-order valence-electron chi connectivity index (χ3n) is 5.88. The molecule has 0 N–H and O–H groups in total. The molecule has 0 amide bonds. The lowest BCUT2D eigenvalue weighted by Gasteiger charge is -2.13. The summed E-state index contributed by atoms with van der Waals surface area (Å²) in [7, 11) is 0. The molecule has 0 heteroatoms. The second-order valence-corrected chi connectivity index (χ2v) is 7.54. The summed E-state index contributed by atoms with van der Waals surface area (Å²) in [6.07, 6.45) is 6.04. The summed E-state index contributed by atoms with van der Waals surface area (Å²) >= 11 is 0. The Kier molecular flexibility index (Phi) is 5.23. The number of rotatable bonds is 5. The lowest BCUT2D eigenvalue weighted by Crippen LogP contribution is -1.99. The van der Waals surface area contributed by atoms with Gasteiger partial charge in [0.2, 0.25) is 0 Å². The van der Waals surface area contributed by atoms with Crippen LogP contribution in [0.3, 0.4) is 0 Å². The zero-order chi connectivity index (χ0) is 17.1. The Morgan fingerprint density at radius 3 is 2.21 bits per heavy atom. The molecule has 0 bridgehead atoms. The molecule has 2 aromatic rings. The highest BCUT2D eigenvalue weighted by atomic mass is 14.3. The Labute approximate surface area is 147 Å². The zero-order valence-corrected chi connectivity index (χ0v) is 15.4. The SMILES string of the molecule is C=C1C[C@H](CC)CC1c1ccc(CCc2c(C)cccc2C)cc1. The maximum absolute atomic E-state index is 4.33. The van der Waals surface area contributed by atoms with Crippen molar-refractivity contribution in [1.29, 1.82) is 0 Å². The maximum atomic E-state index is 4.33. The fraction of sp³-hybridized carbons (Fsp3) is 0.417. The first-order valence-electron chi connectivity index (χ1n) is 9.40. The fourth-order valence-electron chi connectivity index (χ4n) is 4.21. The highest BCUT2D eigenvalue weighted by Crippen LogP contribution is 2.43. The highest BCUT2D eigenvalue weighted by Gasteiger charge is 2.27. The lowest BCUT2D eigenvalue weighted by atomic mass is 9.91. The largest absolute Gasteiger partial charge is 0.0992 e. The molecule has 0 radical (unpaired) electrons. The predicted molar refractivity (Wildman–Crippen MR) is 105 cm³/mol. The van der Waals surface area contributed by atoms with E-state index in [1.807, 2.05) is 0 Å². The normalized spacial score (nSPS) is 20.5. The van der Waals surface area contributed by atoms with E-state index in [0.29, 0.717) is 5.92 Å². The molecule has 1 saturated carbocycles. The molecule has 24 heavy (non-hydrogen) atoms. The number of benzene rings is 2. The van der Waals surface area contributed by atoms with Crippen molar-refractivity contribution in [2.75, 3.05) is 0 Å². The molecule has 0 aromatic heterocycles. The van der Waals surface area contributed by atoms with Crippen LogP contribution in [0, 0.1) is 19.8 Å². The van der Waals surface area contributed by atoms with Crippen LogP contribution in [0.15, 0.2) is 54.6 Å². The van der Waals surface area contributed by atoms with Gasteiger partial charge in [-0.15, -0.1) is 0 Å². The topological polar surface area (TPSA) is 0 Å². The molecule has 0 heterocycles. The Bertz CT molecular complexity index is 685. The Morgan fingerprint density at radius 2 is 1.62 bits per heavy atom. The Balaban J connectivity index is 1.66. The van der Waals surface area contributed by atoms with Crippen LogP contribution in [-0.4, -0.2) is 0 Å². The number of allylic oxidation sites excluding steroid dienone is 1. The van der Waals surface area contributed by atoms with E-state index in [0.717, 1.165) is 18.8 Å². The van der Waals surface area contributed by atoms with E-state index in [1.54, 1.807) is 0 Å². The second kappa shape index (κ2) is 7.38. The third-order valence-corrected chi connectivity index (χ3v) is 5.88. The smallest absolute Gasteiger partial charge is 0.00483 e. The predicted octanol–water partition coefficient (Wildman–Crippen LogP) is 6.55. The molecule has 126 valence electrons. The average Bonchev–Trinajstić information content (AvgIpc) is 2.96. The van der Waals surface area contributed by atoms with Crippen molar-refractivity contribution in [3.05, 3.63) is 82.4 Å². The van der Waals surface area contributed by atoms with Gasteiger partial charge in [0.25, 0.3) is 0 Å². The molecule has 0 saturated heterocycles. The van der Waals surface area contributed by atoms with Crippen LogP contribution in [0.4, 0.5) is 0 Å². The van der Waals surface area contributed by atoms with Gasteiger partial charge < -0.3 is 0 Å². The molecular weight excluding hydrogens is 288 g/mol. The van der Waals surface area contributed by atoms with Crippen molar-refractivity contribution < 1.29 is 0 Å². The maximum Gasteiger partial charge on any atom is 0.00483 e. The van der Waals surface area contributed by atoms with Crippen LogP contribution >= 0.6 is 0 Å². The van der Waals surface area contributed by atoms with E-state index < -0.39 is 0 Å². The van der Waals surface area contributed by atoms with Crippen LogP contribution in [0.1, 0.15) is 59.9 Å². The van der Waals surface area contributed by atoms with E-state index in [9.17, 15) is 0 Å². The van der Waals surface area contributed by atoms with Crippen LogP contribution in [-0.2, 0) is 12.8 Å². The summed E-state index contributed by atoms with van der Waals surface area (Å²) in [5.74, 6) is 1.42. The van der Waals surface area contributed by atoms with Crippen LogP contribution in [0.5, 0.6) is 0 Å². The van der Waals surface area contributed by atoms with Gasteiger partial charge in [0.1, 0.15) is 0 Å². The average molecular weight is 319 g/mol. The summed E-state index contributed by atoms with van der Waals surface area (Å²) in [6, 6.07) is 15.9. The fourth-order valence-corrected chi connectivity index (χ4v) is 4.21. The van der Waals surface area contributed by atoms with Gasteiger partial charge in [-0.2, -0.15) is 0 Å². The first-order valence-corrected chi connectivity index (χ1v) is 9.40. The molecule has 2 aromatic carbocycles. The van der Waals surface area contributed by atoms with Crippen molar-refractivity contribution in [2.45, 2.75) is 58.8 Å². The Morgan fingerprint density at radius 1 is 0.958 bits per heavy atom. The van der Waals surface area contributed by atoms with Gasteiger partial charge in [-0.05, 0) is 73.3 Å². The number of hydrogen-bond donors (Lipinski definition) is 0. The highest BCUT2D eigenvalue weighted by molar-refractivity contribution is 5.36. The van der Waals surface area contributed by atoms with E-state index >= 15 is 0 Å². The molecule has 1 aliphatic rings. The zero-order valence-electron chi connectivity index (χ0n) is 15.4. The summed E-state index contributed by atoms with van der Waals surface area (Å²) in [5, 5.41) is 0. The molecule has 1 unspecified atom stereocenters. The summed E-state index contributed by atoms with van der Waals surface area (Å²) in [4.78, 5) is 0. The monoisotopic (exact) mass is 318 g/mol. The molecule has 3 rings (SSSR count). The van der Waals surface area contributed by atoms with E-state index in [4.69, 9.17) is 0 Å². The van der Waals surface area contributed by atoms with Crippen molar-refractivity contribution in [2.24, 2.45) is 5.92 Å². The minimum atomic E-state index is 0.586. The van der Waals surface area contributed by atoms with Crippen LogP contribution in [0.2, 0.25) is 0 Å². The van der Waals surface area contributed by atoms with Gasteiger partial charge in [0.05, 0.1) is 0 Å². The van der Waals surface area contributed by atoms with Crippen molar-refractivity contribution in [3.8, 4) is 0 Å². The number of hydrogen-bond acceptors (Lipinski definition) is 0. The van der Waals surface area contributed by atoms with Crippen molar-refractivity contribution in [1.82, 2.24) is 0 Å². The van der Waals surface area contributed by atoms with Gasteiger partial charge >= 0.3 is 0 Å². The minimum Gasteiger partial charge on any atom is -0.0992 e. The van der Waals surface area contributed by atoms with Gasteiger partial charge in [-0.1, -0.05) is 68.0 Å². The third kappa shape index (κ3) is 3.64. The molecule has 1 aliphatic carbocycles.